The molecule has 5 heterocycles. The third kappa shape index (κ3) is 2.80. The third-order valence-corrected chi connectivity index (χ3v) is 5.63. The van der Waals surface area contributed by atoms with E-state index in [0.29, 0.717) is 12.2 Å². The van der Waals surface area contributed by atoms with Gasteiger partial charge < -0.3 is 10.2 Å². The average Bonchev–Trinajstić information content (AvgIpc) is 3.07. The molecule has 0 radical (unpaired) electrons. The van der Waals surface area contributed by atoms with Crippen molar-refractivity contribution in [1.82, 2.24) is 24.6 Å². The highest BCUT2D eigenvalue weighted by molar-refractivity contribution is 5.95. The van der Waals surface area contributed by atoms with Gasteiger partial charge in [0.05, 0.1) is 0 Å². The molecule has 8 nitrogen and oxygen atoms in total. The van der Waals surface area contributed by atoms with Crippen molar-refractivity contribution < 1.29 is 4.79 Å². The van der Waals surface area contributed by atoms with Crippen LogP contribution < -0.4 is 10.2 Å². The summed E-state index contributed by atoms with van der Waals surface area (Å²) in [5.74, 6) is 1.16. The predicted octanol–water partition coefficient (Wildman–Crippen LogP) is 2.60. The number of piperidine rings is 1. The molecule has 1 atom stereocenters. The van der Waals surface area contributed by atoms with E-state index < -0.39 is 0 Å². The van der Waals surface area contributed by atoms with E-state index in [1.54, 1.807) is 4.52 Å². The predicted molar refractivity (Wildman–Crippen MR) is 106 cm³/mol. The van der Waals surface area contributed by atoms with Gasteiger partial charge in [0.2, 0.25) is 11.9 Å². The molecule has 1 unspecified atom stereocenters. The van der Waals surface area contributed by atoms with Crippen LogP contribution in [0.1, 0.15) is 54.1 Å². The number of fused-ring (bicyclic) bond motifs is 3. The first-order valence-corrected chi connectivity index (χ1v) is 9.84. The van der Waals surface area contributed by atoms with Crippen LogP contribution in [-0.2, 0) is 4.79 Å². The number of carbonyl (C=O) groups is 1. The van der Waals surface area contributed by atoms with Crippen molar-refractivity contribution >= 4 is 23.3 Å². The first kappa shape index (κ1) is 17.1. The van der Waals surface area contributed by atoms with Gasteiger partial charge in [-0.2, -0.15) is 0 Å². The van der Waals surface area contributed by atoms with E-state index in [1.165, 1.54) is 19.3 Å². The molecule has 0 aliphatic carbocycles. The van der Waals surface area contributed by atoms with Crippen molar-refractivity contribution in [3.63, 3.8) is 0 Å². The second-order valence-corrected chi connectivity index (χ2v) is 7.71. The second-order valence-electron chi connectivity index (χ2n) is 7.71. The number of amides is 1. The first-order valence-electron chi connectivity index (χ1n) is 9.84. The number of anilines is 2. The molecular weight excluding hydrogens is 354 g/mol. The Kier molecular flexibility index (Phi) is 3.99. The SMILES string of the molecule is Cc1cc(C)n2nc3c(c2n1)C(c1cnc(N2CCCCC2)nc1)CC(=O)N3. The van der Waals surface area contributed by atoms with Gasteiger partial charge >= 0.3 is 0 Å². The Bertz CT molecular complexity index is 1050. The lowest BCUT2D eigenvalue weighted by Gasteiger charge is -2.27. The van der Waals surface area contributed by atoms with Crippen molar-refractivity contribution in [3.8, 4) is 0 Å². The Morgan fingerprint density at radius 1 is 1.11 bits per heavy atom. The van der Waals surface area contributed by atoms with Crippen molar-refractivity contribution in [2.45, 2.75) is 45.4 Å². The van der Waals surface area contributed by atoms with Crippen molar-refractivity contribution in [2.75, 3.05) is 23.3 Å². The average molecular weight is 377 g/mol. The largest absolute Gasteiger partial charge is 0.341 e. The van der Waals surface area contributed by atoms with E-state index in [9.17, 15) is 4.79 Å². The molecule has 5 rings (SSSR count). The monoisotopic (exact) mass is 377 g/mol. The number of hydrogen-bond acceptors (Lipinski definition) is 6. The minimum Gasteiger partial charge on any atom is -0.341 e. The number of carbonyl (C=O) groups excluding carboxylic acids is 1. The summed E-state index contributed by atoms with van der Waals surface area (Å²) in [7, 11) is 0. The normalized spacial score (nSPS) is 19.6. The lowest BCUT2D eigenvalue weighted by molar-refractivity contribution is -0.116. The maximum absolute atomic E-state index is 12.3. The lowest BCUT2D eigenvalue weighted by Crippen LogP contribution is -2.31. The highest BCUT2D eigenvalue weighted by atomic mass is 16.1. The first-order chi connectivity index (χ1) is 13.6. The molecule has 1 N–H and O–H groups in total. The van der Waals surface area contributed by atoms with Crippen LogP contribution in [0.3, 0.4) is 0 Å². The Hall–Kier alpha value is -3.03. The molecule has 8 heteroatoms. The van der Waals surface area contributed by atoms with E-state index in [1.807, 2.05) is 32.3 Å². The summed E-state index contributed by atoms with van der Waals surface area (Å²) in [6.07, 6.45) is 7.70. The molecule has 0 aromatic carbocycles. The second kappa shape index (κ2) is 6.54. The standard InChI is InChI=1S/C20H23N7O/c1-12-8-13(2)27-19(23-12)17-15(9-16(28)24-18(17)25-27)14-10-21-20(22-11-14)26-6-4-3-5-7-26/h8,10-11,15H,3-7,9H2,1-2H3,(H,24,25,28). The Labute approximate surface area is 163 Å². The van der Waals surface area contributed by atoms with Gasteiger partial charge in [0.15, 0.2) is 11.5 Å². The molecule has 0 bridgehead atoms. The summed E-state index contributed by atoms with van der Waals surface area (Å²) < 4.78 is 1.80. The Morgan fingerprint density at radius 2 is 1.86 bits per heavy atom. The van der Waals surface area contributed by atoms with Gasteiger partial charge in [-0.25, -0.2) is 19.5 Å². The van der Waals surface area contributed by atoms with E-state index in [0.717, 1.165) is 47.2 Å². The van der Waals surface area contributed by atoms with Gasteiger partial charge in [-0.15, -0.1) is 5.10 Å². The molecule has 144 valence electrons. The van der Waals surface area contributed by atoms with Gasteiger partial charge in [-0.3, -0.25) is 4.79 Å². The fourth-order valence-electron chi connectivity index (χ4n) is 4.27. The maximum atomic E-state index is 12.3. The van der Waals surface area contributed by atoms with Gasteiger partial charge in [0, 0.05) is 54.8 Å². The summed E-state index contributed by atoms with van der Waals surface area (Å²) in [6, 6.07) is 1.98. The highest BCUT2D eigenvalue weighted by Crippen LogP contribution is 2.39. The smallest absolute Gasteiger partial charge is 0.226 e. The molecule has 2 aliphatic rings. The molecule has 0 saturated carbocycles. The number of nitrogens with zero attached hydrogens (tertiary/aromatic N) is 6. The van der Waals surface area contributed by atoms with Gasteiger partial charge in [-0.05, 0) is 44.7 Å². The third-order valence-electron chi connectivity index (χ3n) is 5.63. The van der Waals surface area contributed by atoms with E-state index >= 15 is 0 Å². The maximum Gasteiger partial charge on any atom is 0.226 e. The van der Waals surface area contributed by atoms with Crippen molar-refractivity contribution in [2.24, 2.45) is 0 Å². The van der Waals surface area contributed by atoms with E-state index in [2.05, 4.69) is 25.3 Å². The Balaban J connectivity index is 1.57. The quantitative estimate of drug-likeness (QED) is 0.738. The van der Waals surface area contributed by atoms with Gasteiger partial charge in [-0.1, -0.05) is 0 Å². The van der Waals surface area contributed by atoms with Crippen LogP contribution in [0, 0.1) is 13.8 Å². The van der Waals surface area contributed by atoms with E-state index in [-0.39, 0.29) is 11.8 Å². The number of aryl methyl sites for hydroxylation is 2. The van der Waals surface area contributed by atoms with Crippen molar-refractivity contribution in [1.29, 1.82) is 0 Å². The highest BCUT2D eigenvalue weighted by Gasteiger charge is 2.33. The fourth-order valence-corrected chi connectivity index (χ4v) is 4.27. The van der Waals surface area contributed by atoms with Crippen LogP contribution in [0.25, 0.3) is 5.65 Å². The lowest BCUT2D eigenvalue weighted by atomic mass is 9.88. The van der Waals surface area contributed by atoms with Gasteiger partial charge in [0.1, 0.15) is 0 Å². The molecule has 28 heavy (non-hydrogen) atoms. The van der Waals surface area contributed by atoms with Crippen LogP contribution in [0.4, 0.5) is 11.8 Å². The van der Waals surface area contributed by atoms with Crippen LogP contribution in [0.5, 0.6) is 0 Å². The molecule has 2 aliphatic heterocycles. The number of rotatable bonds is 2. The molecule has 1 fully saturated rings. The summed E-state index contributed by atoms with van der Waals surface area (Å²) in [5, 5.41) is 7.48. The summed E-state index contributed by atoms with van der Waals surface area (Å²) in [5.41, 5.74) is 4.58. The fraction of sp³-hybridized carbons (Fsp3) is 0.450. The van der Waals surface area contributed by atoms with Gasteiger partial charge in [0.25, 0.3) is 0 Å². The number of nitrogens with one attached hydrogen (secondary N) is 1. The summed E-state index contributed by atoms with van der Waals surface area (Å²) in [6.45, 7) is 5.98. The number of hydrogen-bond donors (Lipinski definition) is 1. The molecule has 1 amide bonds. The van der Waals surface area contributed by atoms with Crippen LogP contribution in [0.2, 0.25) is 0 Å². The Morgan fingerprint density at radius 3 is 2.61 bits per heavy atom. The van der Waals surface area contributed by atoms with Crippen LogP contribution in [0.15, 0.2) is 18.5 Å². The van der Waals surface area contributed by atoms with Crippen LogP contribution >= 0.6 is 0 Å². The topological polar surface area (TPSA) is 88.3 Å². The zero-order valence-corrected chi connectivity index (χ0v) is 16.1. The summed E-state index contributed by atoms with van der Waals surface area (Å²) >= 11 is 0. The van der Waals surface area contributed by atoms with E-state index in [4.69, 9.17) is 4.98 Å². The minimum atomic E-state index is -0.148. The number of aromatic nitrogens is 5. The molecule has 3 aromatic rings. The zero-order chi connectivity index (χ0) is 19.3. The molecular formula is C20H23N7O. The zero-order valence-electron chi connectivity index (χ0n) is 16.1. The van der Waals surface area contributed by atoms with Crippen LogP contribution in [-0.4, -0.2) is 43.6 Å². The molecule has 1 saturated heterocycles. The molecule has 0 spiro atoms. The van der Waals surface area contributed by atoms with Crippen molar-refractivity contribution in [3.05, 3.63) is 41.0 Å². The minimum absolute atomic E-state index is 0.0459. The molecule has 3 aromatic heterocycles. The summed E-state index contributed by atoms with van der Waals surface area (Å²) in [4.78, 5) is 28.5.